The second kappa shape index (κ2) is 7.41. The fraction of sp³-hybridized carbons (Fsp3) is 0.556. The fourth-order valence-electron chi connectivity index (χ4n) is 3.80. The lowest BCUT2D eigenvalue weighted by Gasteiger charge is -2.37. The number of hydrogen-bond donors (Lipinski definition) is 1. The second-order valence-electron chi connectivity index (χ2n) is 6.89. The van der Waals surface area contributed by atoms with E-state index in [9.17, 15) is 9.59 Å². The molecular weight excluding hydrogens is 332 g/mol. The normalized spacial score (nSPS) is 20.7. The fourth-order valence-corrected chi connectivity index (χ4v) is 3.80. The molecule has 1 atom stereocenters. The number of nitrogens with one attached hydrogen (secondary N) is 1. The third kappa shape index (κ3) is 3.29. The molecule has 26 heavy (non-hydrogen) atoms. The van der Waals surface area contributed by atoms with Crippen LogP contribution in [0.15, 0.2) is 24.3 Å². The zero-order chi connectivity index (χ0) is 17.9. The highest BCUT2D eigenvalue weighted by Gasteiger charge is 2.35. The van der Waals surface area contributed by atoms with Crippen molar-refractivity contribution in [3.63, 3.8) is 0 Å². The number of rotatable bonds is 4. The summed E-state index contributed by atoms with van der Waals surface area (Å²) in [6, 6.07) is 7.32. The van der Waals surface area contributed by atoms with Gasteiger partial charge in [-0.1, -0.05) is 17.3 Å². The van der Waals surface area contributed by atoms with Crippen LogP contribution < -0.4 is 5.32 Å². The van der Waals surface area contributed by atoms with Crippen LogP contribution in [0.2, 0.25) is 0 Å². The Morgan fingerprint density at radius 1 is 1.15 bits per heavy atom. The number of piperazine rings is 1. The summed E-state index contributed by atoms with van der Waals surface area (Å²) in [7, 11) is 0. The van der Waals surface area contributed by atoms with Crippen molar-refractivity contribution in [2.75, 3.05) is 32.7 Å². The average Bonchev–Trinajstić information content (AvgIpc) is 3.35. The van der Waals surface area contributed by atoms with Crippen molar-refractivity contribution < 1.29 is 9.59 Å². The van der Waals surface area contributed by atoms with Crippen LogP contribution in [0.25, 0.3) is 11.0 Å². The Bertz CT molecular complexity index is 798. The molecule has 8 heteroatoms. The van der Waals surface area contributed by atoms with E-state index in [1.165, 1.54) is 0 Å². The zero-order valence-electron chi connectivity index (χ0n) is 14.8. The minimum atomic E-state index is -0.387. The number of benzene rings is 1. The predicted octanol–water partition coefficient (Wildman–Crippen LogP) is 0.244. The Kier molecular flexibility index (Phi) is 4.83. The third-order valence-electron chi connectivity index (χ3n) is 5.22. The van der Waals surface area contributed by atoms with E-state index in [0.717, 1.165) is 43.5 Å². The maximum Gasteiger partial charge on any atom is 0.246 e. The van der Waals surface area contributed by atoms with Crippen LogP contribution in [0.1, 0.15) is 19.3 Å². The van der Waals surface area contributed by atoms with Crippen LogP contribution in [0, 0.1) is 0 Å². The molecule has 2 amide bonds. The summed E-state index contributed by atoms with van der Waals surface area (Å²) < 4.78 is 1.76. The van der Waals surface area contributed by atoms with E-state index in [0.29, 0.717) is 26.1 Å². The molecule has 0 radical (unpaired) electrons. The number of hydrogen-bond acceptors (Lipinski definition) is 5. The zero-order valence-corrected chi connectivity index (χ0v) is 14.8. The summed E-state index contributed by atoms with van der Waals surface area (Å²) in [5.74, 6) is 0.0814. The van der Waals surface area contributed by atoms with Gasteiger partial charge in [0.1, 0.15) is 11.6 Å². The standard InChI is InChI=1S/C18H24N6O2/c25-17(7-11-24-15-6-2-1-5-14(15)20-21-24)23-12-8-19-13-16(23)18(26)22-9-3-4-10-22/h1-2,5-6,16,19H,3-4,7-13H2. The van der Waals surface area contributed by atoms with E-state index >= 15 is 0 Å². The van der Waals surface area contributed by atoms with Gasteiger partial charge in [-0.3, -0.25) is 9.59 Å². The van der Waals surface area contributed by atoms with Gasteiger partial charge in [0.05, 0.1) is 12.1 Å². The van der Waals surface area contributed by atoms with Gasteiger partial charge in [0, 0.05) is 39.1 Å². The monoisotopic (exact) mass is 356 g/mol. The summed E-state index contributed by atoms with van der Waals surface area (Å²) in [6.07, 6.45) is 2.43. The van der Waals surface area contributed by atoms with E-state index < -0.39 is 0 Å². The van der Waals surface area contributed by atoms with Gasteiger partial charge >= 0.3 is 0 Å². The van der Waals surface area contributed by atoms with Crippen molar-refractivity contribution in [2.24, 2.45) is 0 Å². The number of amides is 2. The summed E-state index contributed by atoms with van der Waals surface area (Å²) in [4.78, 5) is 29.3. The lowest BCUT2D eigenvalue weighted by molar-refractivity contribution is -0.146. The maximum absolute atomic E-state index is 12.8. The smallest absolute Gasteiger partial charge is 0.246 e. The van der Waals surface area contributed by atoms with Gasteiger partial charge in [-0.25, -0.2) is 4.68 Å². The molecule has 2 fully saturated rings. The lowest BCUT2D eigenvalue weighted by Crippen LogP contribution is -2.60. The van der Waals surface area contributed by atoms with Crippen molar-refractivity contribution in [2.45, 2.75) is 31.8 Å². The topological polar surface area (TPSA) is 83.4 Å². The molecule has 1 unspecified atom stereocenters. The number of nitrogens with zero attached hydrogens (tertiary/aromatic N) is 5. The molecule has 138 valence electrons. The molecule has 2 aliphatic heterocycles. The Labute approximate surface area is 152 Å². The second-order valence-corrected chi connectivity index (χ2v) is 6.89. The van der Waals surface area contributed by atoms with Crippen LogP contribution in [-0.4, -0.2) is 75.4 Å². The highest BCUT2D eigenvalue weighted by Crippen LogP contribution is 2.15. The predicted molar refractivity (Wildman–Crippen MR) is 96.3 cm³/mol. The quantitative estimate of drug-likeness (QED) is 0.849. The molecule has 0 saturated carbocycles. The molecule has 4 rings (SSSR count). The van der Waals surface area contributed by atoms with E-state index in [1.807, 2.05) is 29.2 Å². The average molecular weight is 356 g/mol. The highest BCUT2D eigenvalue weighted by atomic mass is 16.2. The van der Waals surface area contributed by atoms with Gasteiger partial charge in [0.2, 0.25) is 11.8 Å². The SMILES string of the molecule is O=C(C1CNCCN1C(=O)CCn1nnc2ccccc21)N1CCCC1. The first-order valence-electron chi connectivity index (χ1n) is 9.31. The number of aromatic nitrogens is 3. The van der Waals surface area contributed by atoms with Crippen LogP contribution in [-0.2, 0) is 16.1 Å². The summed E-state index contributed by atoms with van der Waals surface area (Å²) in [6.45, 7) is 3.91. The number of para-hydroxylation sites is 1. The molecule has 1 aromatic carbocycles. The summed E-state index contributed by atoms with van der Waals surface area (Å²) >= 11 is 0. The minimum Gasteiger partial charge on any atom is -0.341 e. The van der Waals surface area contributed by atoms with Crippen molar-refractivity contribution >= 4 is 22.8 Å². The van der Waals surface area contributed by atoms with E-state index in [4.69, 9.17) is 0 Å². The van der Waals surface area contributed by atoms with Crippen molar-refractivity contribution in [1.29, 1.82) is 0 Å². The van der Waals surface area contributed by atoms with Crippen LogP contribution >= 0.6 is 0 Å². The minimum absolute atomic E-state index is 0.00336. The van der Waals surface area contributed by atoms with E-state index in [1.54, 1.807) is 9.58 Å². The van der Waals surface area contributed by atoms with Crippen LogP contribution in [0.5, 0.6) is 0 Å². The third-order valence-corrected chi connectivity index (χ3v) is 5.22. The van der Waals surface area contributed by atoms with Gasteiger partial charge in [0.25, 0.3) is 0 Å². The first-order valence-corrected chi connectivity index (χ1v) is 9.31. The summed E-state index contributed by atoms with van der Waals surface area (Å²) in [5, 5.41) is 11.5. The molecule has 2 saturated heterocycles. The molecule has 2 aliphatic rings. The summed E-state index contributed by atoms with van der Waals surface area (Å²) in [5.41, 5.74) is 1.74. The largest absolute Gasteiger partial charge is 0.341 e. The molecule has 1 N–H and O–H groups in total. The molecule has 0 spiro atoms. The van der Waals surface area contributed by atoms with Gasteiger partial charge in [-0.05, 0) is 25.0 Å². The highest BCUT2D eigenvalue weighted by molar-refractivity contribution is 5.88. The number of likely N-dealkylation sites (tertiary alicyclic amines) is 1. The van der Waals surface area contributed by atoms with Gasteiger partial charge in [0.15, 0.2) is 0 Å². The number of fused-ring (bicyclic) bond motifs is 1. The number of carbonyl (C=O) groups is 2. The molecular formula is C18H24N6O2. The van der Waals surface area contributed by atoms with E-state index in [-0.39, 0.29) is 17.9 Å². The Morgan fingerprint density at radius 3 is 2.81 bits per heavy atom. The lowest BCUT2D eigenvalue weighted by atomic mass is 10.1. The molecule has 1 aromatic heterocycles. The molecule has 2 aromatic rings. The number of aryl methyl sites for hydroxylation is 1. The van der Waals surface area contributed by atoms with Crippen molar-refractivity contribution in [1.82, 2.24) is 30.1 Å². The molecule has 0 bridgehead atoms. The molecule has 0 aliphatic carbocycles. The maximum atomic E-state index is 12.8. The first kappa shape index (κ1) is 17.0. The first-order chi connectivity index (χ1) is 12.7. The van der Waals surface area contributed by atoms with Crippen molar-refractivity contribution in [3.05, 3.63) is 24.3 Å². The van der Waals surface area contributed by atoms with Gasteiger partial charge in [-0.2, -0.15) is 0 Å². The Balaban J connectivity index is 1.42. The van der Waals surface area contributed by atoms with Gasteiger partial charge < -0.3 is 15.1 Å². The Morgan fingerprint density at radius 2 is 1.96 bits per heavy atom. The Hall–Kier alpha value is -2.48. The molecule has 3 heterocycles. The number of carbonyl (C=O) groups excluding carboxylic acids is 2. The van der Waals surface area contributed by atoms with Gasteiger partial charge in [-0.15, -0.1) is 5.10 Å². The van der Waals surface area contributed by atoms with Crippen LogP contribution in [0.4, 0.5) is 0 Å². The van der Waals surface area contributed by atoms with E-state index in [2.05, 4.69) is 15.6 Å². The van der Waals surface area contributed by atoms with Crippen molar-refractivity contribution in [3.8, 4) is 0 Å². The van der Waals surface area contributed by atoms with Crippen LogP contribution in [0.3, 0.4) is 0 Å². The molecule has 8 nitrogen and oxygen atoms in total.